The van der Waals surface area contributed by atoms with Crippen molar-refractivity contribution in [3.8, 4) is 0 Å². The van der Waals surface area contributed by atoms with Crippen LogP contribution in [0.2, 0.25) is 0 Å². The van der Waals surface area contributed by atoms with E-state index in [2.05, 4.69) is 41.0 Å². The molecule has 1 aliphatic heterocycles. The number of rotatable bonds is 5. The molecule has 1 unspecified atom stereocenters. The average Bonchev–Trinajstić information content (AvgIpc) is 2.37. The Labute approximate surface area is 98.4 Å². The Morgan fingerprint density at radius 1 is 1.25 bits per heavy atom. The van der Waals surface area contributed by atoms with Gasteiger partial charge in [0.1, 0.15) is 0 Å². The summed E-state index contributed by atoms with van der Waals surface area (Å²) in [5.41, 5.74) is 1.38. The molecule has 2 nitrogen and oxygen atoms in total. The Morgan fingerprint density at radius 3 is 2.88 bits per heavy atom. The first-order chi connectivity index (χ1) is 7.95. The summed E-state index contributed by atoms with van der Waals surface area (Å²) in [5.74, 6) is 0.886. The predicted molar refractivity (Wildman–Crippen MR) is 68.4 cm³/mol. The third-order valence-corrected chi connectivity index (χ3v) is 3.30. The molecule has 1 atom stereocenters. The molecule has 2 rings (SSSR count). The maximum atomic E-state index is 3.52. The van der Waals surface area contributed by atoms with Crippen LogP contribution in [0.4, 0.5) is 0 Å². The molecule has 1 aromatic carbocycles. The zero-order chi connectivity index (χ0) is 11.1. The van der Waals surface area contributed by atoms with E-state index in [-0.39, 0.29) is 0 Å². The lowest BCUT2D eigenvalue weighted by molar-refractivity contribution is 0.352. The quantitative estimate of drug-likeness (QED) is 0.740. The molecular formula is C14H22N2. The van der Waals surface area contributed by atoms with Gasteiger partial charge in [0, 0.05) is 6.54 Å². The molecule has 1 saturated heterocycles. The maximum absolute atomic E-state index is 3.52. The van der Waals surface area contributed by atoms with E-state index in [1.54, 1.807) is 0 Å². The molecular weight excluding hydrogens is 196 g/mol. The summed E-state index contributed by atoms with van der Waals surface area (Å²) >= 11 is 0. The normalized spacial score (nSPS) is 20.9. The van der Waals surface area contributed by atoms with E-state index < -0.39 is 0 Å². The number of hydrogen-bond donors (Lipinski definition) is 2. The molecule has 2 N–H and O–H groups in total. The lowest BCUT2D eigenvalue weighted by atomic mass is 9.96. The Bertz CT molecular complexity index is 278. The fourth-order valence-corrected chi connectivity index (χ4v) is 2.31. The van der Waals surface area contributed by atoms with Crippen LogP contribution in [0.5, 0.6) is 0 Å². The van der Waals surface area contributed by atoms with Crippen LogP contribution in [0.1, 0.15) is 24.8 Å². The fourth-order valence-electron chi connectivity index (χ4n) is 2.31. The van der Waals surface area contributed by atoms with Gasteiger partial charge in [0.15, 0.2) is 0 Å². The van der Waals surface area contributed by atoms with Gasteiger partial charge in [-0.05, 0) is 50.4 Å². The van der Waals surface area contributed by atoms with Gasteiger partial charge in [0.25, 0.3) is 0 Å². The first-order valence-corrected chi connectivity index (χ1v) is 6.40. The van der Waals surface area contributed by atoms with Gasteiger partial charge in [-0.2, -0.15) is 0 Å². The van der Waals surface area contributed by atoms with Crippen LogP contribution in [-0.4, -0.2) is 19.6 Å². The molecule has 1 aliphatic rings. The van der Waals surface area contributed by atoms with Gasteiger partial charge in [-0.3, -0.25) is 0 Å². The SMILES string of the molecule is c1ccc(CNCCC2CCCNC2)cc1. The first-order valence-electron chi connectivity index (χ1n) is 6.40. The summed E-state index contributed by atoms with van der Waals surface area (Å²) < 4.78 is 0. The van der Waals surface area contributed by atoms with Crippen molar-refractivity contribution in [2.45, 2.75) is 25.8 Å². The largest absolute Gasteiger partial charge is 0.316 e. The average molecular weight is 218 g/mol. The van der Waals surface area contributed by atoms with Crippen LogP contribution < -0.4 is 10.6 Å². The molecule has 0 radical (unpaired) electrons. The minimum atomic E-state index is 0.886. The molecule has 16 heavy (non-hydrogen) atoms. The van der Waals surface area contributed by atoms with Gasteiger partial charge in [0.2, 0.25) is 0 Å². The molecule has 0 saturated carbocycles. The summed E-state index contributed by atoms with van der Waals surface area (Å²) in [6.07, 6.45) is 4.06. The summed E-state index contributed by atoms with van der Waals surface area (Å²) in [4.78, 5) is 0. The number of benzene rings is 1. The van der Waals surface area contributed by atoms with Crippen molar-refractivity contribution in [3.05, 3.63) is 35.9 Å². The van der Waals surface area contributed by atoms with Crippen LogP contribution in [0.3, 0.4) is 0 Å². The molecule has 0 amide bonds. The first kappa shape index (κ1) is 11.6. The number of piperidine rings is 1. The molecule has 0 aliphatic carbocycles. The molecule has 1 fully saturated rings. The third-order valence-electron chi connectivity index (χ3n) is 3.30. The van der Waals surface area contributed by atoms with Crippen LogP contribution in [0, 0.1) is 5.92 Å². The minimum Gasteiger partial charge on any atom is -0.316 e. The lowest BCUT2D eigenvalue weighted by Gasteiger charge is -2.22. The Hall–Kier alpha value is -0.860. The van der Waals surface area contributed by atoms with Crippen LogP contribution in [-0.2, 0) is 6.54 Å². The number of hydrogen-bond acceptors (Lipinski definition) is 2. The second-order valence-electron chi connectivity index (χ2n) is 4.66. The highest BCUT2D eigenvalue weighted by Crippen LogP contribution is 2.12. The highest BCUT2D eigenvalue weighted by Gasteiger charge is 2.11. The van der Waals surface area contributed by atoms with Gasteiger partial charge in [-0.15, -0.1) is 0 Å². The van der Waals surface area contributed by atoms with E-state index in [1.165, 1.54) is 37.9 Å². The van der Waals surface area contributed by atoms with E-state index in [9.17, 15) is 0 Å². The Balaban J connectivity index is 1.58. The molecule has 1 aromatic rings. The van der Waals surface area contributed by atoms with E-state index in [1.807, 2.05) is 0 Å². The van der Waals surface area contributed by atoms with E-state index in [0.717, 1.165) is 19.0 Å². The lowest BCUT2D eigenvalue weighted by Crippen LogP contribution is -2.31. The van der Waals surface area contributed by atoms with Crippen LogP contribution >= 0.6 is 0 Å². The highest BCUT2D eigenvalue weighted by molar-refractivity contribution is 5.14. The minimum absolute atomic E-state index is 0.886. The summed E-state index contributed by atoms with van der Waals surface area (Å²) in [7, 11) is 0. The monoisotopic (exact) mass is 218 g/mol. The summed E-state index contributed by atoms with van der Waals surface area (Å²) in [5, 5.41) is 6.99. The van der Waals surface area contributed by atoms with Crippen LogP contribution in [0.25, 0.3) is 0 Å². The molecule has 0 bridgehead atoms. The predicted octanol–water partition coefficient (Wildman–Crippen LogP) is 2.17. The highest BCUT2D eigenvalue weighted by atomic mass is 14.9. The third kappa shape index (κ3) is 3.95. The maximum Gasteiger partial charge on any atom is 0.0205 e. The molecule has 1 heterocycles. The zero-order valence-corrected chi connectivity index (χ0v) is 9.91. The van der Waals surface area contributed by atoms with Gasteiger partial charge >= 0.3 is 0 Å². The van der Waals surface area contributed by atoms with E-state index in [4.69, 9.17) is 0 Å². The molecule has 88 valence electrons. The van der Waals surface area contributed by atoms with Crippen molar-refractivity contribution in [3.63, 3.8) is 0 Å². The van der Waals surface area contributed by atoms with Gasteiger partial charge in [-0.25, -0.2) is 0 Å². The van der Waals surface area contributed by atoms with Crippen molar-refractivity contribution < 1.29 is 0 Å². The van der Waals surface area contributed by atoms with Gasteiger partial charge < -0.3 is 10.6 Å². The zero-order valence-electron chi connectivity index (χ0n) is 9.91. The van der Waals surface area contributed by atoms with Crippen molar-refractivity contribution in [2.75, 3.05) is 19.6 Å². The fraction of sp³-hybridized carbons (Fsp3) is 0.571. The Morgan fingerprint density at radius 2 is 2.12 bits per heavy atom. The molecule has 2 heteroatoms. The smallest absolute Gasteiger partial charge is 0.0205 e. The van der Waals surface area contributed by atoms with Gasteiger partial charge in [-0.1, -0.05) is 30.3 Å². The van der Waals surface area contributed by atoms with E-state index >= 15 is 0 Å². The Kier molecular flexibility index (Phi) is 4.84. The van der Waals surface area contributed by atoms with Crippen molar-refractivity contribution >= 4 is 0 Å². The van der Waals surface area contributed by atoms with Crippen LogP contribution in [0.15, 0.2) is 30.3 Å². The van der Waals surface area contributed by atoms with Crippen molar-refractivity contribution in [2.24, 2.45) is 5.92 Å². The van der Waals surface area contributed by atoms with E-state index in [0.29, 0.717) is 0 Å². The number of nitrogens with one attached hydrogen (secondary N) is 2. The topological polar surface area (TPSA) is 24.1 Å². The van der Waals surface area contributed by atoms with Crippen molar-refractivity contribution in [1.29, 1.82) is 0 Å². The van der Waals surface area contributed by atoms with Crippen molar-refractivity contribution in [1.82, 2.24) is 10.6 Å². The summed E-state index contributed by atoms with van der Waals surface area (Å²) in [6, 6.07) is 10.6. The molecule has 0 spiro atoms. The second kappa shape index (κ2) is 6.66. The van der Waals surface area contributed by atoms with Gasteiger partial charge in [0.05, 0.1) is 0 Å². The standard InChI is InChI=1S/C14H22N2/c1-2-5-13(6-3-1)11-16-10-8-14-7-4-9-15-12-14/h1-3,5-6,14-16H,4,7-12H2. The second-order valence-corrected chi connectivity index (χ2v) is 4.66. The molecule has 0 aromatic heterocycles. The summed E-state index contributed by atoms with van der Waals surface area (Å²) in [6.45, 7) is 4.57.